The van der Waals surface area contributed by atoms with E-state index in [0.29, 0.717) is 5.52 Å². The van der Waals surface area contributed by atoms with E-state index in [1.807, 2.05) is 0 Å². The smallest absolute Gasteiger partial charge is 0.343 e. The maximum Gasteiger partial charge on any atom is 0.343 e. The number of nitro benzene ring substituents is 1. The van der Waals surface area contributed by atoms with Crippen LogP contribution >= 0.6 is 0 Å². The molecule has 0 aliphatic rings. The zero-order valence-electron chi connectivity index (χ0n) is 13.9. The number of para-hydroxylation sites is 2. The van der Waals surface area contributed by atoms with Gasteiger partial charge in [-0.1, -0.05) is 12.1 Å². The molecule has 0 N–H and O–H groups in total. The van der Waals surface area contributed by atoms with Gasteiger partial charge in [0, 0.05) is 18.5 Å². The van der Waals surface area contributed by atoms with Crippen LogP contribution in [0.15, 0.2) is 53.7 Å². The molecule has 0 atom stereocenters. The predicted octanol–water partition coefficient (Wildman–Crippen LogP) is 1.73. The minimum Gasteiger partial charge on any atom is -0.465 e. The average Bonchev–Trinajstić information content (AvgIpc) is 3.12. The molecule has 0 fully saturated rings. The number of methoxy groups -OCH3 is 1. The molecule has 0 saturated heterocycles. The number of carbonyl (C=O) groups is 1. The second-order valence-corrected chi connectivity index (χ2v) is 5.58. The van der Waals surface area contributed by atoms with Crippen molar-refractivity contribution in [1.29, 1.82) is 0 Å². The van der Waals surface area contributed by atoms with Gasteiger partial charge in [0.25, 0.3) is 11.2 Å². The Bertz CT molecular complexity index is 1290. The van der Waals surface area contributed by atoms with Crippen LogP contribution in [-0.4, -0.2) is 37.2 Å². The molecule has 3 aromatic heterocycles. The second kappa shape index (κ2) is 6.02. The van der Waals surface area contributed by atoms with Gasteiger partial charge in [-0.25, -0.2) is 14.3 Å². The molecule has 4 rings (SSSR count). The van der Waals surface area contributed by atoms with Crippen LogP contribution in [0.25, 0.3) is 22.2 Å². The van der Waals surface area contributed by atoms with Crippen LogP contribution in [-0.2, 0) is 4.74 Å². The molecular weight excluding hydrogens is 354 g/mol. The molecule has 0 radical (unpaired) electrons. The summed E-state index contributed by atoms with van der Waals surface area (Å²) in [6, 6.07) is 7.52. The standard InChI is InChI=1S/C17H11N5O5/c1-27-17(24)11-9-19-21-12-6-7-20(16(23)10(12)8-18-15(11)21)13-4-2-3-5-14(13)22(25)26/h2-9H,1H3. The number of esters is 1. The van der Waals surface area contributed by atoms with Crippen LogP contribution in [0.2, 0.25) is 0 Å². The number of fused-ring (bicyclic) bond motifs is 3. The number of carbonyl (C=O) groups excluding carboxylic acids is 1. The summed E-state index contributed by atoms with van der Waals surface area (Å²) in [5.41, 5.74) is 0.283. The first-order valence-corrected chi connectivity index (χ1v) is 7.73. The Balaban J connectivity index is 1.99. The fourth-order valence-corrected chi connectivity index (χ4v) is 2.88. The Morgan fingerprint density at radius 3 is 2.74 bits per heavy atom. The van der Waals surface area contributed by atoms with Gasteiger partial charge in [-0.3, -0.25) is 19.5 Å². The molecule has 27 heavy (non-hydrogen) atoms. The Morgan fingerprint density at radius 1 is 1.22 bits per heavy atom. The Morgan fingerprint density at radius 2 is 2.00 bits per heavy atom. The van der Waals surface area contributed by atoms with Crippen molar-refractivity contribution in [2.45, 2.75) is 0 Å². The molecule has 0 spiro atoms. The van der Waals surface area contributed by atoms with Crippen molar-refractivity contribution < 1.29 is 14.5 Å². The van der Waals surface area contributed by atoms with Gasteiger partial charge in [0.05, 0.1) is 29.1 Å². The van der Waals surface area contributed by atoms with Crippen LogP contribution in [0.5, 0.6) is 0 Å². The first kappa shape index (κ1) is 16.4. The molecule has 4 aromatic rings. The molecule has 10 nitrogen and oxygen atoms in total. The second-order valence-electron chi connectivity index (χ2n) is 5.58. The Labute approximate surface area is 150 Å². The SMILES string of the molecule is COC(=O)c1cnn2c1ncc1c(=O)n(-c3ccccc3[N+](=O)[O-])ccc12. The highest BCUT2D eigenvalue weighted by atomic mass is 16.6. The average molecular weight is 365 g/mol. The third-order valence-corrected chi connectivity index (χ3v) is 4.14. The van der Waals surface area contributed by atoms with Gasteiger partial charge in [0.2, 0.25) is 0 Å². The summed E-state index contributed by atoms with van der Waals surface area (Å²) in [5, 5.41) is 15.6. The number of nitrogens with zero attached hydrogens (tertiary/aromatic N) is 5. The van der Waals surface area contributed by atoms with Crippen LogP contribution in [0.3, 0.4) is 0 Å². The van der Waals surface area contributed by atoms with E-state index in [-0.39, 0.29) is 28.0 Å². The number of benzene rings is 1. The lowest BCUT2D eigenvalue weighted by atomic mass is 10.2. The zero-order chi connectivity index (χ0) is 19.1. The van der Waals surface area contributed by atoms with E-state index in [1.54, 1.807) is 12.1 Å². The van der Waals surface area contributed by atoms with E-state index < -0.39 is 16.5 Å². The van der Waals surface area contributed by atoms with Gasteiger partial charge in [-0.15, -0.1) is 0 Å². The molecule has 0 unspecified atom stereocenters. The number of hydrogen-bond donors (Lipinski definition) is 0. The summed E-state index contributed by atoms with van der Waals surface area (Å²) in [5.74, 6) is -0.592. The van der Waals surface area contributed by atoms with Crippen molar-refractivity contribution in [3.8, 4) is 5.69 Å². The lowest BCUT2D eigenvalue weighted by Gasteiger charge is -2.08. The molecular formula is C17H11N5O5. The summed E-state index contributed by atoms with van der Waals surface area (Å²) in [7, 11) is 1.25. The molecule has 3 heterocycles. The van der Waals surface area contributed by atoms with Crippen molar-refractivity contribution in [2.75, 3.05) is 7.11 Å². The van der Waals surface area contributed by atoms with E-state index in [9.17, 15) is 19.7 Å². The normalized spacial score (nSPS) is 11.0. The topological polar surface area (TPSA) is 122 Å². The summed E-state index contributed by atoms with van der Waals surface area (Å²) in [6.07, 6.45) is 4.04. The minimum absolute atomic E-state index is 0.144. The first-order chi connectivity index (χ1) is 13.0. The highest BCUT2D eigenvalue weighted by molar-refractivity contribution is 5.96. The maximum absolute atomic E-state index is 12.9. The monoisotopic (exact) mass is 365 g/mol. The lowest BCUT2D eigenvalue weighted by Crippen LogP contribution is -2.19. The molecule has 10 heteroatoms. The summed E-state index contributed by atoms with van der Waals surface area (Å²) in [4.78, 5) is 39.6. The molecule has 0 saturated carbocycles. The van der Waals surface area contributed by atoms with Crippen molar-refractivity contribution in [1.82, 2.24) is 19.2 Å². The third-order valence-electron chi connectivity index (χ3n) is 4.14. The number of ether oxygens (including phenoxy) is 1. The van der Waals surface area contributed by atoms with Crippen molar-refractivity contribution in [2.24, 2.45) is 0 Å². The van der Waals surface area contributed by atoms with Gasteiger partial charge in [0.1, 0.15) is 11.3 Å². The largest absolute Gasteiger partial charge is 0.465 e. The molecule has 1 aromatic carbocycles. The van der Waals surface area contributed by atoms with Crippen LogP contribution in [0.4, 0.5) is 5.69 Å². The van der Waals surface area contributed by atoms with Gasteiger partial charge in [-0.05, 0) is 12.1 Å². The van der Waals surface area contributed by atoms with E-state index in [0.717, 1.165) is 0 Å². The summed E-state index contributed by atoms with van der Waals surface area (Å²) >= 11 is 0. The number of rotatable bonds is 3. The molecule has 0 aliphatic heterocycles. The number of aromatic nitrogens is 4. The van der Waals surface area contributed by atoms with Gasteiger partial charge >= 0.3 is 5.97 Å². The number of pyridine rings is 1. The lowest BCUT2D eigenvalue weighted by molar-refractivity contribution is -0.384. The van der Waals surface area contributed by atoms with Crippen LogP contribution < -0.4 is 5.56 Å². The minimum atomic E-state index is -0.592. The first-order valence-electron chi connectivity index (χ1n) is 7.73. The van der Waals surface area contributed by atoms with E-state index in [4.69, 9.17) is 0 Å². The van der Waals surface area contributed by atoms with E-state index in [2.05, 4.69) is 14.8 Å². The van der Waals surface area contributed by atoms with E-state index in [1.165, 1.54) is 53.0 Å². The van der Waals surface area contributed by atoms with Crippen molar-refractivity contribution >= 4 is 28.2 Å². The fourth-order valence-electron chi connectivity index (χ4n) is 2.88. The highest BCUT2D eigenvalue weighted by Crippen LogP contribution is 2.22. The third kappa shape index (κ3) is 2.42. The summed E-state index contributed by atoms with van der Waals surface area (Å²) < 4.78 is 7.22. The maximum atomic E-state index is 12.9. The van der Waals surface area contributed by atoms with Crippen LogP contribution in [0.1, 0.15) is 10.4 Å². The molecule has 0 bridgehead atoms. The molecule has 0 aliphatic carbocycles. The predicted molar refractivity (Wildman–Crippen MR) is 94.1 cm³/mol. The van der Waals surface area contributed by atoms with Crippen LogP contribution in [0, 0.1) is 10.1 Å². The summed E-state index contributed by atoms with van der Waals surface area (Å²) in [6.45, 7) is 0. The molecule has 0 amide bonds. The number of nitro groups is 1. The van der Waals surface area contributed by atoms with E-state index >= 15 is 0 Å². The number of hydrogen-bond acceptors (Lipinski definition) is 7. The Kier molecular flexibility index (Phi) is 3.65. The quantitative estimate of drug-likeness (QED) is 0.308. The van der Waals surface area contributed by atoms with Gasteiger partial charge < -0.3 is 4.74 Å². The fraction of sp³-hybridized carbons (Fsp3) is 0.0588. The van der Waals surface area contributed by atoms with Crippen molar-refractivity contribution in [3.05, 3.63) is 75.0 Å². The van der Waals surface area contributed by atoms with Crippen molar-refractivity contribution in [3.63, 3.8) is 0 Å². The zero-order valence-corrected chi connectivity index (χ0v) is 13.9. The van der Waals surface area contributed by atoms with Gasteiger partial charge in [0.15, 0.2) is 5.65 Å². The Hall–Kier alpha value is -4.08. The molecule has 134 valence electrons. The highest BCUT2D eigenvalue weighted by Gasteiger charge is 2.19. The van der Waals surface area contributed by atoms with Gasteiger partial charge in [-0.2, -0.15) is 5.10 Å².